The molecule has 3 rings (SSSR count). The maximum atomic E-state index is 11.2. The number of H-pyrrole nitrogens is 1. The van der Waals surface area contributed by atoms with E-state index < -0.39 is 5.97 Å². The Kier molecular flexibility index (Phi) is 2.70. The minimum Gasteiger partial charge on any atom is -0.478 e. The Morgan fingerprint density at radius 3 is 2.80 bits per heavy atom. The lowest BCUT2D eigenvalue weighted by Crippen LogP contribution is -1.99. The second kappa shape index (κ2) is 4.52. The lowest BCUT2D eigenvalue weighted by molar-refractivity contribution is 0.0697. The standard InChI is InChI=1S/C15H9N3O2/c16-8-9-5-6-12-13(7-9)18-14(17-12)10-3-1-2-4-11(10)15(19)20/h1-7H,(H,17,18)(H,19,20). The van der Waals surface area contributed by atoms with Crippen LogP contribution in [0.3, 0.4) is 0 Å². The molecule has 5 nitrogen and oxygen atoms in total. The Labute approximate surface area is 114 Å². The van der Waals surface area contributed by atoms with Gasteiger partial charge in [-0.25, -0.2) is 9.78 Å². The molecule has 1 aromatic heterocycles. The second-order valence-corrected chi connectivity index (χ2v) is 4.28. The lowest BCUT2D eigenvalue weighted by Gasteiger charge is -2.01. The fourth-order valence-corrected chi connectivity index (χ4v) is 2.08. The zero-order valence-electron chi connectivity index (χ0n) is 10.3. The number of nitrogens with one attached hydrogen (secondary N) is 1. The minimum atomic E-state index is -1.00. The molecule has 0 aliphatic rings. The van der Waals surface area contributed by atoms with Gasteiger partial charge in [0.15, 0.2) is 0 Å². The van der Waals surface area contributed by atoms with E-state index in [-0.39, 0.29) is 5.56 Å². The molecule has 0 aliphatic heterocycles. The lowest BCUT2D eigenvalue weighted by atomic mass is 10.1. The Hall–Kier alpha value is -3.13. The van der Waals surface area contributed by atoms with Gasteiger partial charge < -0.3 is 10.1 Å². The molecule has 1 heterocycles. The highest BCUT2D eigenvalue weighted by Gasteiger charge is 2.14. The molecule has 5 heteroatoms. The van der Waals surface area contributed by atoms with Gasteiger partial charge in [0.05, 0.1) is 28.2 Å². The van der Waals surface area contributed by atoms with Crippen LogP contribution in [0, 0.1) is 11.3 Å². The molecule has 0 unspecified atom stereocenters. The number of carboxylic acids is 1. The van der Waals surface area contributed by atoms with Crippen LogP contribution in [0.5, 0.6) is 0 Å². The molecule has 0 atom stereocenters. The number of aromatic nitrogens is 2. The monoisotopic (exact) mass is 263 g/mol. The number of imidazole rings is 1. The molecule has 0 spiro atoms. The van der Waals surface area contributed by atoms with Gasteiger partial charge in [-0.2, -0.15) is 5.26 Å². The summed E-state index contributed by atoms with van der Waals surface area (Å²) >= 11 is 0. The molecule has 20 heavy (non-hydrogen) atoms. The first-order chi connectivity index (χ1) is 9.69. The Bertz CT molecular complexity index is 859. The SMILES string of the molecule is N#Cc1ccc2nc(-c3ccccc3C(=O)O)[nH]c2c1. The average molecular weight is 263 g/mol. The number of benzene rings is 2. The molecule has 2 N–H and O–H groups in total. The normalized spacial score (nSPS) is 10.3. The molecule has 0 aliphatic carbocycles. The van der Waals surface area contributed by atoms with E-state index in [1.54, 1.807) is 36.4 Å². The number of carboxylic acid groups (broad SMARTS) is 1. The predicted octanol–water partition coefficient (Wildman–Crippen LogP) is 2.80. The van der Waals surface area contributed by atoms with Crippen molar-refractivity contribution in [3.05, 3.63) is 53.6 Å². The fourth-order valence-electron chi connectivity index (χ4n) is 2.08. The summed E-state index contributed by atoms with van der Waals surface area (Å²) in [7, 11) is 0. The topological polar surface area (TPSA) is 89.8 Å². The molecule has 0 amide bonds. The van der Waals surface area contributed by atoms with Gasteiger partial charge in [0, 0.05) is 5.56 Å². The number of hydrogen-bond donors (Lipinski definition) is 2. The first-order valence-electron chi connectivity index (χ1n) is 5.91. The average Bonchev–Trinajstić information content (AvgIpc) is 2.89. The van der Waals surface area contributed by atoms with Gasteiger partial charge in [-0.15, -0.1) is 0 Å². The van der Waals surface area contributed by atoms with Crippen molar-refractivity contribution in [1.82, 2.24) is 9.97 Å². The predicted molar refractivity (Wildman–Crippen MR) is 73.2 cm³/mol. The van der Waals surface area contributed by atoms with Crippen LogP contribution in [0.2, 0.25) is 0 Å². The minimum absolute atomic E-state index is 0.187. The third-order valence-corrected chi connectivity index (χ3v) is 3.02. The number of rotatable bonds is 2. The number of hydrogen-bond acceptors (Lipinski definition) is 3. The zero-order chi connectivity index (χ0) is 14.1. The van der Waals surface area contributed by atoms with E-state index in [1.165, 1.54) is 6.07 Å². The van der Waals surface area contributed by atoms with Crippen molar-refractivity contribution in [2.75, 3.05) is 0 Å². The van der Waals surface area contributed by atoms with Gasteiger partial charge in [-0.1, -0.05) is 18.2 Å². The number of nitriles is 1. The van der Waals surface area contributed by atoms with Crippen LogP contribution < -0.4 is 0 Å². The molecule has 3 aromatic rings. The van der Waals surface area contributed by atoms with Crippen molar-refractivity contribution >= 4 is 17.0 Å². The molecule has 0 fully saturated rings. The fraction of sp³-hybridized carbons (Fsp3) is 0. The van der Waals surface area contributed by atoms with Gasteiger partial charge >= 0.3 is 5.97 Å². The molecule has 0 saturated heterocycles. The van der Waals surface area contributed by atoms with E-state index in [2.05, 4.69) is 16.0 Å². The van der Waals surface area contributed by atoms with Crippen LogP contribution in [-0.4, -0.2) is 21.0 Å². The van der Waals surface area contributed by atoms with Gasteiger partial charge in [-0.05, 0) is 24.3 Å². The van der Waals surface area contributed by atoms with Crippen LogP contribution in [0.25, 0.3) is 22.4 Å². The summed E-state index contributed by atoms with van der Waals surface area (Å²) in [5.41, 5.74) is 2.64. The Morgan fingerprint density at radius 1 is 1.25 bits per heavy atom. The summed E-state index contributed by atoms with van der Waals surface area (Å²) in [5.74, 6) is -0.521. The van der Waals surface area contributed by atoms with E-state index >= 15 is 0 Å². The molecule has 2 aromatic carbocycles. The van der Waals surface area contributed by atoms with Crippen molar-refractivity contribution in [3.63, 3.8) is 0 Å². The Morgan fingerprint density at radius 2 is 2.05 bits per heavy atom. The van der Waals surface area contributed by atoms with Crippen LogP contribution in [-0.2, 0) is 0 Å². The van der Waals surface area contributed by atoms with Crippen LogP contribution in [0.15, 0.2) is 42.5 Å². The summed E-state index contributed by atoms with van der Waals surface area (Å²) in [6.07, 6.45) is 0. The molecular weight excluding hydrogens is 254 g/mol. The van der Waals surface area contributed by atoms with Crippen LogP contribution in [0.1, 0.15) is 15.9 Å². The van der Waals surface area contributed by atoms with Gasteiger partial charge in [0.25, 0.3) is 0 Å². The van der Waals surface area contributed by atoms with E-state index in [1.807, 2.05) is 0 Å². The van der Waals surface area contributed by atoms with Crippen molar-refractivity contribution in [2.24, 2.45) is 0 Å². The van der Waals surface area contributed by atoms with E-state index in [0.29, 0.717) is 28.0 Å². The summed E-state index contributed by atoms with van der Waals surface area (Å²) in [4.78, 5) is 18.7. The number of aromatic amines is 1. The van der Waals surface area contributed by atoms with Gasteiger partial charge in [0.1, 0.15) is 5.82 Å². The van der Waals surface area contributed by atoms with E-state index in [0.717, 1.165) is 0 Å². The van der Waals surface area contributed by atoms with Crippen LogP contribution >= 0.6 is 0 Å². The maximum Gasteiger partial charge on any atom is 0.336 e. The number of nitrogens with zero attached hydrogens (tertiary/aromatic N) is 2. The second-order valence-electron chi connectivity index (χ2n) is 4.28. The smallest absolute Gasteiger partial charge is 0.336 e. The summed E-state index contributed by atoms with van der Waals surface area (Å²) in [6.45, 7) is 0. The maximum absolute atomic E-state index is 11.2. The first kappa shape index (κ1) is 11.9. The van der Waals surface area contributed by atoms with Gasteiger partial charge in [-0.3, -0.25) is 0 Å². The van der Waals surface area contributed by atoms with E-state index in [4.69, 9.17) is 5.26 Å². The summed E-state index contributed by atoms with van der Waals surface area (Å²) in [5, 5.41) is 18.1. The zero-order valence-corrected chi connectivity index (χ0v) is 10.3. The molecule has 0 saturated carbocycles. The highest BCUT2D eigenvalue weighted by molar-refractivity contribution is 5.96. The molecular formula is C15H9N3O2. The number of carbonyl (C=O) groups is 1. The quantitative estimate of drug-likeness (QED) is 0.743. The summed E-state index contributed by atoms with van der Waals surface area (Å²) in [6, 6.07) is 13.8. The van der Waals surface area contributed by atoms with E-state index in [9.17, 15) is 9.90 Å². The molecule has 0 radical (unpaired) electrons. The highest BCUT2D eigenvalue weighted by Crippen LogP contribution is 2.24. The van der Waals surface area contributed by atoms with Crippen molar-refractivity contribution in [2.45, 2.75) is 0 Å². The summed E-state index contributed by atoms with van der Waals surface area (Å²) < 4.78 is 0. The van der Waals surface area contributed by atoms with Crippen molar-refractivity contribution in [1.29, 1.82) is 5.26 Å². The van der Waals surface area contributed by atoms with Crippen LogP contribution in [0.4, 0.5) is 0 Å². The molecule has 96 valence electrons. The third kappa shape index (κ3) is 1.89. The first-order valence-corrected chi connectivity index (χ1v) is 5.91. The van der Waals surface area contributed by atoms with Gasteiger partial charge in [0.2, 0.25) is 0 Å². The third-order valence-electron chi connectivity index (χ3n) is 3.02. The molecule has 0 bridgehead atoms. The number of fused-ring (bicyclic) bond motifs is 1. The highest BCUT2D eigenvalue weighted by atomic mass is 16.4. The number of aromatic carboxylic acids is 1. The van der Waals surface area contributed by atoms with Crippen molar-refractivity contribution in [3.8, 4) is 17.5 Å². The van der Waals surface area contributed by atoms with Crippen molar-refractivity contribution < 1.29 is 9.90 Å². The Balaban J connectivity index is 2.21. The largest absolute Gasteiger partial charge is 0.478 e.